The molecule has 0 aliphatic rings. The Balaban J connectivity index is 1.66. The molecule has 1 N–H and O–H groups in total. The van der Waals surface area contributed by atoms with Gasteiger partial charge in [-0.05, 0) is 31.0 Å². The van der Waals surface area contributed by atoms with Crippen LogP contribution < -0.4 is 5.32 Å². The number of hydrogen-bond acceptors (Lipinski definition) is 4. The lowest BCUT2D eigenvalue weighted by molar-refractivity contribution is -0.119. The lowest BCUT2D eigenvalue weighted by Gasteiger charge is -2.13. The number of benzene rings is 2. The van der Waals surface area contributed by atoms with Crippen molar-refractivity contribution in [2.75, 3.05) is 5.75 Å². The van der Waals surface area contributed by atoms with Crippen LogP contribution in [-0.2, 0) is 4.79 Å². The number of aryl methyl sites for hydroxylation is 1. The van der Waals surface area contributed by atoms with E-state index in [-0.39, 0.29) is 17.7 Å². The molecule has 1 amide bonds. The molecule has 3 rings (SSSR count). The van der Waals surface area contributed by atoms with Crippen LogP contribution in [-0.4, -0.2) is 27.0 Å². The van der Waals surface area contributed by atoms with Crippen molar-refractivity contribution in [2.45, 2.75) is 32.0 Å². The number of carbonyl (C=O) groups excluding carboxylic acids is 2. The molecule has 0 fully saturated rings. The fourth-order valence-electron chi connectivity index (χ4n) is 2.97. The van der Waals surface area contributed by atoms with Crippen LogP contribution >= 0.6 is 11.8 Å². The van der Waals surface area contributed by atoms with E-state index in [4.69, 9.17) is 0 Å². The number of nitrogens with zero attached hydrogens (tertiary/aromatic N) is 2. The molecule has 0 unspecified atom stereocenters. The summed E-state index contributed by atoms with van der Waals surface area (Å²) in [6, 6.07) is 15.4. The third-order valence-electron chi connectivity index (χ3n) is 4.47. The van der Waals surface area contributed by atoms with Gasteiger partial charge in [-0.15, -0.1) is 0 Å². The Morgan fingerprint density at radius 2 is 1.86 bits per heavy atom. The lowest BCUT2D eigenvalue weighted by atomic mass is 10.0. The molecule has 2 aromatic carbocycles. The highest BCUT2D eigenvalue weighted by Gasteiger charge is 2.13. The van der Waals surface area contributed by atoms with Crippen molar-refractivity contribution in [1.29, 1.82) is 0 Å². The summed E-state index contributed by atoms with van der Waals surface area (Å²) in [6.07, 6.45) is 3.66. The highest BCUT2D eigenvalue weighted by atomic mass is 32.2. The first-order chi connectivity index (χ1) is 13.5. The lowest BCUT2D eigenvalue weighted by Crippen LogP contribution is -2.23. The Bertz CT molecular complexity index is 979. The number of hydrogen-bond donors (Lipinski definition) is 1. The normalized spacial score (nSPS) is 11.8. The minimum absolute atomic E-state index is 0.0445. The first-order valence-electron chi connectivity index (χ1n) is 9.08. The number of para-hydroxylation sites is 1. The Morgan fingerprint density at radius 3 is 2.54 bits per heavy atom. The number of nitrogens with one attached hydrogen (secondary N) is 1. The van der Waals surface area contributed by atoms with Crippen molar-refractivity contribution in [3.8, 4) is 5.69 Å². The number of carbonyl (C=O) groups is 2. The van der Waals surface area contributed by atoms with Crippen LogP contribution in [0.15, 0.2) is 66.1 Å². The van der Waals surface area contributed by atoms with E-state index in [0.717, 1.165) is 22.0 Å². The molecule has 0 spiro atoms. The molecule has 0 aliphatic carbocycles. The van der Waals surface area contributed by atoms with Gasteiger partial charge in [0.1, 0.15) is 0 Å². The minimum atomic E-state index is -0.0855. The molecule has 0 saturated heterocycles. The number of rotatable bonds is 7. The van der Waals surface area contributed by atoms with Gasteiger partial charge in [-0.2, -0.15) is 0 Å². The van der Waals surface area contributed by atoms with Gasteiger partial charge in [-0.1, -0.05) is 54.2 Å². The van der Waals surface area contributed by atoms with Crippen molar-refractivity contribution in [1.82, 2.24) is 14.9 Å². The van der Waals surface area contributed by atoms with Crippen molar-refractivity contribution in [3.63, 3.8) is 0 Å². The molecule has 0 aliphatic heterocycles. The highest BCUT2D eigenvalue weighted by molar-refractivity contribution is 7.99. The van der Waals surface area contributed by atoms with Crippen molar-refractivity contribution in [2.24, 2.45) is 0 Å². The maximum Gasteiger partial charge on any atom is 0.217 e. The summed E-state index contributed by atoms with van der Waals surface area (Å²) in [5.41, 5.74) is 3.83. The van der Waals surface area contributed by atoms with E-state index in [0.29, 0.717) is 11.3 Å². The van der Waals surface area contributed by atoms with E-state index >= 15 is 0 Å². The van der Waals surface area contributed by atoms with E-state index in [1.54, 1.807) is 6.20 Å². The largest absolute Gasteiger partial charge is 0.350 e. The number of ketones is 1. The minimum Gasteiger partial charge on any atom is -0.350 e. The molecule has 28 heavy (non-hydrogen) atoms. The molecular weight excluding hydrogens is 370 g/mol. The third-order valence-corrected chi connectivity index (χ3v) is 5.43. The zero-order chi connectivity index (χ0) is 20.1. The number of amides is 1. The summed E-state index contributed by atoms with van der Waals surface area (Å²) in [7, 11) is 0. The summed E-state index contributed by atoms with van der Waals surface area (Å²) in [6.45, 7) is 5.46. The van der Waals surface area contributed by atoms with E-state index < -0.39 is 0 Å². The van der Waals surface area contributed by atoms with Gasteiger partial charge in [-0.3, -0.25) is 14.2 Å². The predicted molar refractivity (Wildman–Crippen MR) is 112 cm³/mol. The van der Waals surface area contributed by atoms with E-state index in [1.807, 2.05) is 60.2 Å². The van der Waals surface area contributed by atoms with Gasteiger partial charge in [0.15, 0.2) is 10.9 Å². The van der Waals surface area contributed by atoms with Crippen LogP contribution in [0, 0.1) is 6.92 Å². The first kappa shape index (κ1) is 19.9. The van der Waals surface area contributed by atoms with Crippen LogP contribution in [0.25, 0.3) is 5.69 Å². The maximum atomic E-state index is 12.6. The quantitative estimate of drug-likeness (QED) is 0.479. The van der Waals surface area contributed by atoms with Crippen molar-refractivity contribution >= 4 is 23.5 Å². The van der Waals surface area contributed by atoms with Gasteiger partial charge in [-0.25, -0.2) is 4.98 Å². The molecule has 3 aromatic rings. The zero-order valence-corrected chi connectivity index (χ0v) is 17.0. The molecule has 0 radical (unpaired) electrons. The first-order valence-corrected chi connectivity index (χ1v) is 10.1. The summed E-state index contributed by atoms with van der Waals surface area (Å²) in [4.78, 5) is 28.2. The standard InChI is InChI=1S/C22H23N3O2S/c1-15-6-4-5-7-20(15)25-13-12-23-22(25)28-14-21(27)19-10-8-18(9-11-19)16(2)24-17(3)26/h4-13,16H,14H2,1-3H3,(H,24,26)/t16-/m0/s1. The molecule has 1 aromatic heterocycles. The monoisotopic (exact) mass is 393 g/mol. The Kier molecular flexibility index (Phi) is 6.31. The third kappa shape index (κ3) is 4.70. The molecule has 0 saturated carbocycles. The fourth-order valence-corrected chi connectivity index (χ4v) is 3.83. The Labute approximate surface area is 169 Å². The Hall–Kier alpha value is -2.86. The SMILES string of the molecule is CC(=O)N[C@@H](C)c1ccc(C(=O)CSc2nccn2-c2ccccc2C)cc1. The van der Waals surface area contributed by atoms with Gasteiger partial charge >= 0.3 is 0 Å². The van der Waals surface area contributed by atoms with Crippen LogP contribution in [0.5, 0.6) is 0 Å². The second kappa shape index (κ2) is 8.89. The Morgan fingerprint density at radius 1 is 1.14 bits per heavy atom. The molecular formula is C22H23N3O2S. The topological polar surface area (TPSA) is 64.0 Å². The van der Waals surface area contributed by atoms with Crippen molar-refractivity contribution in [3.05, 3.63) is 77.6 Å². The molecule has 1 heterocycles. The second-order valence-electron chi connectivity index (χ2n) is 6.62. The summed E-state index contributed by atoms with van der Waals surface area (Å²) >= 11 is 1.42. The van der Waals surface area contributed by atoms with Gasteiger partial charge in [0, 0.05) is 24.9 Å². The summed E-state index contributed by atoms with van der Waals surface area (Å²) in [5, 5.41) is 3.63. The van der Waals surface area contributed by atoms with Gasteiger partial charge in [0.25, 0.3) is 0 Å². The number of imidazole rings is 1. The zero-order valence-electron chi connectivity index (χ0n) is 16.2. The fraction of sp³-hybridized carbons (Fsp3) is 0.227. The molecule has 6 heteroatoms. The summed E-state index contributed by atoms with van der Waals surface area (Å²) in [5.74, 6) is 0.278. The molecule has 5 nitrogen and oxygen atoms in total. The van der Waals surface area contributed by atoms with Gasteiger partial charge in [0.2, 0.25) is 5.91 Å². The molecule has 1 atom stereocenters. The van der Waals surface area contributed by atoms with Crippen LogP contribution in [0.3, 0.4) is 0 Å². The predicted octanol–water partition coefficient (Wildman–Crippen LogP) is 4.35. The second-order valence-corrected chi connectivity index (χ2v) is 7.56. The number of aromatic nitrogens is 2. The number of Topliss-reactive ketones (excluding diaryl/α,β-unsaturated/α-hetero) is 1. The maximum absolute atomic E-state index is 12.6. The number of thioether (sulfide) groups is 1. The smallest absolute Gasteiger partial charge is 0.217 e. The van der Waals surface area contributed by atoms with Gasteiger partial charge < -0.3 is 5.32 Å². The van der Waals surface area contributed by atoms with Crippen LogP contribution in [0.4, 0.5) is 0 Å². The van der Waals surface area contributed by atoms with Gasteiger partial charge in [0.05, 0.1) is 17.5 Å². The van der Waals surface area contributed by atoms with E-state index in [1.165, 1.54) is 18.7 Å². The molecule has 0 bridgehead atoms. The van der Waals surface area contributed by atoms with Crippen LogP contribution in [0.1, 0.15) is 41.4 Å². The van der Waals surface area contributed by atoms with E-state index in [2.05, 4.69) is 23.3 Å². The average Bonchev–Trinajstić information content (AvgIpc) is 3.14. The van der Waals surface area contributed by atoms with Crippen LogP contribution in [0.2, 0.25) is 0 Å². The average molecular weight is 394 g/mol. The molecule has 144 valence electrons. The van der Waals surface area contributed by atoms with E-state index in [9.17, 15) is 9.59 Å². The summed E-state index contributed by atoms with van der Waals surface area (Å²) < 4.78 is 2.01. The highest BCUT2D eigenvalue weighted by Crippen LogP contribution is 2.23. The van der Waals surface area contributed by atoms with Crippen molar-refractivity contribution < 1.29 is 9.59 Å².